The standard InChI is InChI=1S/C19H22ClN3O2.2ClH/c20-14-3-1-13(2-4-14)17-11-21-18(25-17)7-8-19(24)23-10-9-15-5-6-16(12-23)22-15;;/h1-4,11,15-16,22H,5-10,12H2;2*1H. The van der Waals surface area contributed by atoms with Crippen molar-refractivity contribution in [2.75, 3.05) is 13.1 Å². The first-order valence-electron chi connectivity index (χ1n) is 8.92. The molecule has 2 atom stereocenters. The summed E-state index contributed by atoms with van der Waals surface area (Å²) in [6.45, 7) is 1.69. The summed E-state index contributed by atoms with van der Waals surface area (Å²) < 4.78 is 5.78. The molecule has 2 saturated heterocycles. The molecule has 0 spiro atoms. The average molecular weight is 433 g/mol. The molecular formula is C19H24Cl3N3O2. The number of amides is 1. The Labute approximate surface area is 176 Å². The monoisotopic (exact) mass is 431 g/mol. The van der Waals surface area contributed by atoms with E-state index in [1.54, 1.807) is 6.20 Å². The van der Waals surface area contributed by atoms with E-state index in [0.717, 1.165) is 25.1 Å². The molecule has 2 unspecified atom stereocenters. The van der Waals surface area contributed by atoms with Crippen molar-refractivity contribution in [3.8, 4) is 11.3 Å². The van der Waals surface area contributed by atoms with Crippen LogP contribution in [0.2, 0.25) is 5.02 Å². The summed E-state index contributed by atoms with van der Waals surface area (Å²) in [6.07, 6.45) is 6.16. The van der Waals surface area contributed by atoms with Gasteiger partial charge in [0.05, 0.1) is 6.20 Å². The minimum atomic E-state index is 0. The van der Waals surface area contributed by atoms with Crippen LogP contribution in [0.3, 0.4) is 0 Å². The number of likely N-dealkylation sites (tertiary alicyclic amines) is 1. The lowest BCUT2D eigenvalue weighted by atomic mass is 10.1. The Kier molecular flexibility index (Phi) is 7.98. The van der Waals surface area contributed by atoms with Crippen LogP contribution in [0.25, 0.3) is 11.3 Å². The Bertz CT molecular complexity index is 751. The van der Waals surface area contributed by atoms with Crippen molar-refractivity contribution >= 4 is 42.3 Å². The lowest BCUT2D eigenvalue weighted by molar-refractivity contribution is -0.131. The molecule has 1 amide bonds. The molecular weight excluding hydrogens is 409 g/mol. The number of rotatable bonds is 4. The van der Waals surface area contributed by atoms with Gasteiger partial charge in [-0.3, -0.25) is 4.79 Å². The van der Waals surface area contributed by atoms with Crippen LogP contribution < -0.4 is 5.32 Å². The van der Waals surface area contributed by atoms with Crippen molar-refractivity contribution in [1.29, 1.82) is 0 Å². The minimum Gasteiger partial charge on any atom is -0.441 e. The number of oxazole rings is 1. The molecule has 1 aromatic heterocycles. The third kappa shape index (κ3) is 5.38. The summed E-state index contributed by atoms with van der Waals surface area (Å²) >= 11 is 5.90. The lowest BCUT2D eigenvalue weighted by Crippen LogP contribution is -2.39. The van der Waals surface area contributed by atoms with E-state index in [2.05, 4.69) is 10.3 Å². The van der Waals surface area contributed by atoms with Gasteiger partial charge in [-0.15, -0.1) is 24.8 Å². The van der Waals surface area contributed by atoms with Crippen molar-refractivity contribution in [3.05, 3.63) is 41.4 Å². The molecule has 2 bridgehead atoms. The van der Waals surface area contributed by atoms with Crippen molar-refractivity contribution < 1.29 is 9.21 Å². The second-order valence-corrected chi connectivity index (χ2v) is 7.33. The van der Waals surface area contributed by atoms with Gasteiger partial charge in [0.2, 0.25) is 5.91 Å². The van der Waals surface area contributed by atoms with Crippen LogP contribution in [0, 0.1) is 0 Å². The van der Waals surface area contributed by atoms with Gasteiger partial charge >= 0.3 is 0 Å². The summed E-state index contributed by atoms with van der Waals surface area (Å²) in [5, 5.41) is 4.29. The number of hydrogen-bond donors (Lipinski definition) is 1. The van der Waals surface area contributed by atoms with E-state index in [-0.39, 0.29) is 30.7 Å². The summed E-state index contributed by atoms with van der Waals surface area (Å²) in [5.41, 5.74) is 0.934. The number of aromatic nitrogens is 1. The first-order chi connectivity index (χ1) is 12.2. The van der Waals surface area contributed by atoms with Gasteiger partial charge in [0.1, 0.15) is 0 Å². The Hall–Kier alpha value is -1.27. The number of hydrogen-bond acceptors (Lipinski definition) is 4. The van der Waals surface area contributed by atoms with Crippen LogP contribution in [0.5, 0.6) is 0 Å². The Balaban J connectivity index is 0.00000131. The molecule has 2 fully saturated rings. The van der Waals surface area contributed by atoms with Gasteiger partial charge in [0.25, 0.3) is 0 Å². The van der Waals surface area contributed by atoms with E-state index in [1.165, 1.54) is 12.8 Å². The predicted molar refractivity (Wildman–Crippen MR) is 111 cm³/mol. The van der Waals surface area contributed by atoms with Crippen molar-refractivity contribution in [2.45, 2.75) is 44.2 Å². The molecule has 0 radical (unpaired) electrons. The zero-order chi connectivity index (χ0) is 17.2. The molecule has 8 heteroatoms. The Morgan fingerprint density at radius 3 is 2.70 bits per heavy atom. The lowest BCUT2D eigenvalue weighted by Gasteiger charge is -2.24. The molecule has 2 aromatic rings. The number of aryl methyl sites for hydroxylation is 1. The molecule has 148 valence electrons. The minimum absolute atomic E-state index is 0. The molecule has 0 saturated carbocycles. The van der Waals surface area contributed by atoms with E-state index < -0.39 is 0 Å². The smallest absolute Gasteiger partial charge is 0.223 e. The molecule has 1 N–H and O–H groups in total. The van der Waals surface area contributed by atoms with Gasteiger partial charge in [0, 0.05) is 48.6 Å². The third-order valence-electron chi connectivity index (χ3n) is 5.11. The second-order valence-electron chi connectivity index (χ2n) is 6.89. The van der Waals surface area contributed by atoms with Gasteiger partial charge in [-0.2, -0.15) is 0 Å². The maximum absolute atomic E-state index is 12.5. The number of carbonyl (C=O) groups excluding carboxylic acids is 1. The van der Waals surface area contributed by atoms with Crippen LogP contribution in [-0.2, 0) is 11.2 Å². The highest BCUT2D eigenvalue weighted by Crippen LogP contribution is 2.24. The van der Waals surface area contributed by atoms with Crippen molar-refractivity contribution in [2.24, 2.45) is 0 Å². The normalized spacial score (nSPS) is 21.1. The third-order valence-corrected chi connectivity index (χ3v) is 5.36. The van der Waals surface area contributed by atoms with Crippen LogP contribution >= 0.6 is 36.4 Å². The van der Waals surface area contributed by atoms with Crippen LogP contribution in [-0.4, -0.2) is 41.0 Å². The average Bonchev–Trinajstić information content (AvgIpc) is 3.20. The zero-order valence-electron chi connectivity index (χ0n) is 14.9. The number of nitrogens with zero attached hydrogens (tertiary/aromatic N) is 2. The van der Waals surface area contributed by atoms with Crippen molar-refractivity contribution in [1.82, 2.24) is 15.2 Å². The quantitative estimate of drug-likeness (QED) is 0.789. The van der Waals surface area contributed by atoms with E-state index in [4.69, 9.17) is 16.0 Å². The van der Waals surface area contributed by atoms with E-state index in [1.807, 2.05) is 29.2 Å². The van der Waals surface area contributed by atoms with E-state index in [0.29, 0.717) is 41.6 Å². The largest absolute Gasteiger partial charge is 0.441 e. The van der Waals surface area contributed by atoms with Crippen LogP contribution in [0.1, 0.15) is 31.6 Å². The molecule has 27 heavy (non-hydrogen) atoms. The summed E-state index contributed by atoms with van der Waals surface area (Å²) in [7, 11) is 0. The van der Waals surface area contributed by atoms with Crippen molar-refractivity contribution in [3.63, 3.8) is 0 Å². The van der Waals surface area contributed by atoms with Gasteiger partial charge in [-0.25, -0.2) is 4.98 Å². The Morgan fingerprint density at radius 2 is 1.93 bits per heavy atom. The fourth-order valence-electron chi connectivity index (χ4n) is 3.71. The number of fused-ring (bicyclic) bond motifs is 2. The summed E-state index contributed by atoms with van der Waals surface area (Å²) in [5.74, 6) is 1.50. The molecule has 5 nitrogen and oxygen atoms in total. The number of nitrogens with one attached hydrogen (secondary N) is 1. The van der Waals surface area contributed by atoms with Crippen LogP contribution in [0.15, 0.2) is 34.9 Å². The maximum atomic E-state index is 12.5. The van der Waals surface area contributed by atoms with Crippen LogP contribution in [0.4, 0.5) is 0 Å². The van der Waals surface area contributed by atoms with Gasteiger partial charge in [0.15, 0.2) is 11.7 Å². The topological polar surface area (TPSA) is 58.4 Å². The highest BCUT2D eigenvalue weighted by molar-refractivity contribution is 6.30. The van der Waals surface area contributed by atoms with E-state index in [9.17, 15) is 4.79 Å². The van der Waals surface area contributed by atoms with Gasteiger partial charge < -0.3 is 14.6 Å². The summed E-state index contributed by atoms with van der Waals surface area (Å²) in [4.78, 5) is 18.8. The van der Waals surface area contributed by atoms with Gasteiger partial charge in [-0.1, -0.05) is 11.6 Å². The number of carbonyl (C=O) groups is 1. The first kappa shape index (κ1) is 22.0. The fourth-order valence-corrected chi connectivity index (χ4v) is 3.84. The second kappa shape index (κ2) is 9.78. The molecule has 2 aliphatic rings. The number of benzene rings is 1. The van der Waals surface area contributed by atoms with Gasteiger partial charge in [-0.05, 0) is 43.5 Å². The molecule has 3 heterocycles. The highest BCUT2D eigenvalue weighted by atomic mass is 35.5. The predicted octanol–water partition coefficient (Wildman–Crippen LogP) is 4.12. The molecule has 2 aliphatic heterocycles. The first-order valence-corrected chi connectivity index (χ1v) is 9.29. The zero-order valence-corrected chi connectivity index (χ0v) is 17.3. The summed E-state index contributed by atoms with van der Waals surface area (Å²) in [6, 6.07) is 8.51. The molecule has 1 aromatic carbocycles. The number of halogens is 3. The Morgan fingerprint density at radius 1 is 1.19 bits per heavy atom. The SMILES string of the molecule is Cl.Cl.O=C(CCc1ncc(-c2ccc(Cl)cc2)o1)N1CCC2CCC(C1)N2. The highest BCUT2D eigenvalue weighted by Gasteiger charge is 2.30. The maximum Gasteiger partial charge on any atom is 0.223 e. The fraction of sp³-hybridized carbons (Fsp3) is 0.474. The molecule has 4 rings (SSSR count). The molecule has 0 aliphatic carbocycles. The van der Waals surface area contributed by atoms with E-state index >= 15 is 0 Å².